The maximum absolute atomic E-state index is 9.97. The number of pyridine rings is 1. The summed E-state index contributed by atoms with van der Waals surface area (Å²) in [5.74, 6) is 0. The van der Waals surface area contributed by atoms with Crippen LogP contribution in [0.25, 0.3) is 0 Å². The highest BCUT2D eigenvalue weighted by Crippen LogP contribution is 2.18. The van der Waals surface area contributed by atoms with Gasteiger partial charge >= 0.3 is 0 Å². The molecule has 1 N–H and O–H groups in total. The van der Waals surface area contributed by atoms with Gasteiger partial charge in [-0.25, -0.2) is 0 Å². The van der Waals surface area contributed by atoms with Crippen LogP contribution in [0.3, 0.4) is 0 Å². The number of hydrogen-bond acceptors (Lipinski definition) is 3. The zero-order chi connectivity index (χ0) is 12.3. The van der Waals surface area contributed by atoms with Gasteiger partial charge in [-0.05, 0) is 31.0 Å². The number of rotatable bonds is 4. The molecule has 90 valence electrons. The van der Waals surface area contributed by atoms with Gasteiger partial charge in [0.1, 0.15) is 0 Å². The van der Waals surface area contributed by atoms with Crippen LogP contribution < -0.4 is 0 Å². The first kappa shape index (κ1) is 12.1. The van der Waals surface area contributed by atoms with Gasteiger partial charge in [0.15, 0.2) is 0 Å². The average Bonchev–Trinajstić information content (AvgIpc) is 2.73. The third kappa shape index (κ3) is 3.05. The number of hydrogen-bond donors (Lipinski definition) is 1. The highest BCUT2D eigenvalue weighted by molar-refractivity contribution is 6.30. The van der Waals surface area contributed by atoms with Crippen molar-refractivity contribution >= 4 is 11.6 Å². The maximum atomic E-state index is 9.97. The monoisotopic (exact) mass is 251 g/mol. The second-order valence-corrected chi connectivity index (χ2v) is 4.34. The van der Waals surface area contributed by atoms with E-state index in [1.54, 1.807) is 24.5 Å². The van der Waals surface area contributed by atoms with Crippen LogP contribution in [0, 0.1) is 0 Å². The molecule has 2 aromatic rings. The minimum absolute atomic E-state index is 0.567. The van der Waals surface area contributed by atoms with Crippen molar-refractivity contribution in [2.75, 3.05) is 0 Å². The Balaban J connectivity index is 1.95. The molecule has 2 aromatic heterocycles. The molecular formula is C12H14ClN3O. The molecule has 2 heterocycles. The van der Waals surface area contributed by atoms with Crippen molar-refractivity contribution in [3.63, 3.8) is 0 Å². The Hall–Kier alpha value is -1.39. The summed E-state index contributed by atoms with van der Waals surface area (Å²) >= 11 is 5.74. The second-order valence-electron chi connectivity index (χ2n) is 3.90. The van der Waals surface area contributed by atoms with Crippen LogP contribution in [0.15, 0.2) is 30.6 Å². The highest BCUT2D eigenvalue weighted by Gasteiger charge is 2.10. The molecule has 4 nitrogen and oxygen atoms in total. The zero-order valence-electron chi connectivity index (χ0n) is 9.55. The molecule has 0 bridgehead atoms. The molecule has 0 saturated carbocycles. The van der Waals surface area contributed by atoms with Crippen molar-refractivity contribution in [3.05, 3.63) is 47.0 Å². The largest absolute Gasteiger partial charge is 0.387 e. The first-order valence-electron chi connectivity index (χ1n) is 5.43. The van der Waals surface area contributed by atoms with E-state index in [-0.39, 0.29) is 0 Å². The van der Waals surface area contributed by atoms with Gasteiger partial charge in [0.2, 0.25) is 0 Å². The van der Waals surface area contributed by atoms with E-state index in [0.29, 0.717) is 17.1 Å². The van der Waals surface area contributed by atoms with Crippen LogP contribution >= 0.6 is 11.6 Å². The third-order valence-electron chi connectivity index (χ3n) is 2.69. The SMILES string of the molecule is Cn1nccc1CCC(O)c1ccc(Cl)cn1. The molecular weight excluding hydrogens is 238 g/mol. The molecule has 0 fully saturated rings. The quantitative estimate of drug-likeness (QED) is 0.906. The molecule has 0 amide bonds. The van der Waals surface area contributed by atoms with Gasteiger partial charge in [0.05, 0.1) is 16.8 Å². The summed E-state index contributed by atoms with van der Waals surface area (Å²) in [6, 6.07) is 5.43. The first-order chi connectivity index (χ1) is 8.16. The van der Waals surface area contributed by atoms with E-state index >= 15 is 0 Å². The van der Waals surface area contributed by atoms with Gasteiger partial charge in [0, 0.05) is 25.1 Å². The molecule has 2 rings (SSSR count). The smallest absolute Gasteiger partial charge is 0.0963 e. The summed E-state index contributed by atoms with van der Waals surface area (Å²) < 4.78 is 1.81. The minimum Gasteiger partial charge on any atom is -0.387 e. The molecule has 0 radical (unpaired) electrons. The first-order valence-corrected chi connectivity index (χ1v) is 5.81. The van der Waals surface area contributed by atoms with Crippen molar-refractivity contribution in [3.8, 4) is 0 Å². The third-order valence-corrected chi connectivity index (χ3v) is 2.91. The lowest BCUT2D eigenvalue weighted by Crippen LogP contribution is -2.04. The van der Waals surface area contributed by atoms with Gasteiger partial charge in [-0.15, -0.1) is 0 Å². The molecule has 0 aliphatic rings. The summed E-state index contributed by atoms with van der Waals surface area (Å²) in [5.41, 5.74) is 1.74. The molecule has 0 aliphatic heterocycles. The van der Waals surface area contributed by atoms with Gasteiger partial charge in [-0.3, -0.25) is 9.67 Å². The average molecular weight is 252 g/mol. The minimum atomic E-state index is -0.567. The fourth-order valence-electron chi connectivity index (χ4n) is 1.66. The Kier molecular flexibility index (Phi) is 3.76. The van der Waals surface area contributed by atoms with Gasteiger partial charge in [0.25, 0.3) is 0 Å². The number of nitrogens with zero attached hydrogens (tertiary/aromatic N) is 3. The summed E-state index contributed by atoms with van der Waals surface area (Å²) in [4.78, 5) is 4.10. The predicted octanol–water partition coefficient (Wildman–Crippen LogP) is 2.13. The van der Waals surface area contributed by atoms with E-state index < -0.39 is 6.10 Å². The summed E-state index contributed by atoms with van der Waals surface area (Å²) in [6.07, 6.45) is 4.12. The number of aromatic nitrogens is 3. The number of aryl methyl sites for hydroxylation is 2. The van der Waals surface area contributed by atoms with E-state index in [9.17, 15) is 5.11 Å². The zero-order valence-corrected chi connectivity index (χ0v) is 10.3. The van der Waals surface area contributed by atoms with Crippen molar-refractivity contribution in [2.45, 2.75) is 18.9 Å². The van der Waals surface area contributed by atoms with Crippen molar-refractivity contribution < 1.29 is 5.11 Å². The van der Waals surface area contributed by atoms with Gasteiger partial charge in [-0.1, -0.05) is 11.6 Å². The lowest BCUT2D eigenvalue weighted by molar-refractivity contribution is 0.162. The summed E-state index contributed by atoms with van der Waals surface area (Å²) in [6.45, 7) is 0. The number of aliphatic hydroxyl groups is 1. The topological polar surface area (TPSA) is 50.9 Å². The van der Waals surface area contributed by atoms with E-state index in [1.807, 2.05) is 17.8 Å². The molecule has 0 aromatic carbocycles. The molecule has 1 atom stereocenters. The van der Waals surface area contributed by atoms with Gasteiger partial charge < -0.3 is 5.11 Å². The highest BCUT2D eigenvalue weighted by atomic mass is 35.5. The van der Waals surface area contributed by atoms with Crippen molar-refractivity contribution in [2.24, 2.45) is 7.05 Å². The molecule has 0 saturated heterocycles. The maximum Gasteiger partial charge on any atom is 0.0963 e. The molecule has 17 heavy (non-hydrogen) atoms. The fourth-order valence-corrected chi connectivity index (χ4v) is 1.78. The van der Waals surface area contributed by atoms with E-state index in [4.69, 9.17) is 11.6 Å². The second kappa shape index (κ2) is 5.29. The molecule has 5 heteroatoms. The Morgan fingerprint density at radius 2 is 2.24 bits per heavy atom. The van der Waals surface area contributed by atoms with E-state index in [0.717, 1.165) is 12.1 Å². The van der Waals surface area contributed by atoms with Crippen LogP contribution in [0.5, 0.6) is 0 Å². The van der Waals surface area contributed by atoms with E-state index in [1.165, 1.54) is 0 Å². The molecule has 1 unspecified atom stereocenters. The van der Waals surface area contributed by atoms with Crippen LogP contribution in [0.1, 0.15) is 23.9 Å². The Labute approximate surface area is 105 Å². The van der Waals surface area contributed by atoms with Crippen LogP contribution in [0.4, 0.5) is 0 Å². The Bertz CT molecular complexity index is 481. The van der Waals surface area contributed by atoms with E-state index in [2.05, 4.69) is 10.1 Å². The normalized spacial score (nSPS) is 12.6. The molecule has 0 spiro atoms. The van der Waals surface area contributed by atoms with Crippen molar-refractivity contribution in [1.29, 1.82) is 0 Å². The number of halogens is 1. The Morgan fingerprint density at radius 3 is 2.82 bits per heavy atom. The lowest BCUT2D eigenvalue weighted by Gasteiger charge is -2.09. The van der Waals surface area contributed by atoms with Crippen LogP contribution in [-0.4, -0.2) is 19.9 Å². The Morgan fingerprint density at radius 1 is 1.41 bits per heavy atom. The summed E-state index contributed by atoms with van der Waals surface area (Å²) in [7, 11) is 1.89. The van der Waals surface area contributed by atoms with Crippen LogP contribution in [-0.2, 0) is 13.5 Å². The standard InChI is InChI=1S/C12H14ClN3O/c1-16-10(6-7-15-16)3-5-12(17)11-4-2-9(13)8-14-11/h2,4,6-8,12,17H,3,5H2,1H3. The molecule has 0 aliphatic carbocycles. The lowest BCUT2D eigenvalue weighted by atomic mass is 10.1. The predicted molar refractivity (Wildman–Crippen MR) is 65.7 cm³/mol. The van der Waals surface area contributed by atoms with Gasteiger partial charge in [-0.2, -0.15) is 5.10 Å². The van der Waals surface area contributed by atoms with Crippen molar-refractivity contribution in [1.82, 2.24) is 14.8 Å². The number of aliphatic hydroxyl groups excluding tert-OH is 1. The summed E-state index contributed by atoms with van der Waals surface area (Å²) in [5, 5.41) is 14.6. The fraction of sp³-hybridized carbons (Fsp3) is 0.333. The van der Waals surface area contributed by atoms with Crippen LogP contribution in [0.2, 0.25) is 5.02 Å².